The molecule has 0 nitrogen and oxygen atoms in total. The molecule has 0 saturated carbocycles. The average Bonchev–Trinajstić information content (AvgIpc) is 2.31. The van der Waals surface area contributed by atoms with Crippen LogP contribution in [0.2, 0.25) is 0 Å². The van der Waals surface area contributed by atoms with E-state index in [1.54, 1.807) is 8.40 Å². The fraction of sp³-hybridized carbons (Fsp3) is 0.556. The minimum absolute atomic E-state index is 1.25. The Balaban J connectivity index is 2.35. The number of unbranched alkanes of at least 4 members (excludes halogenated alkanes) is 1. The number of rotatable bonds is 3. The maximum atomic E-state index is 2.30. The standard InChI is InChI=1S/C9H13.Na/c1-2-3-6-9-7-4-5-8-9;/h4-5H,2-3,6-7H2,1H3;. The fourth-order valence-corrected chi connectivity index (χ4v) is 2.04. The molecule has 0 bridgehead atoms. The molecule has 0 spiro atoms. The van der Waals surface area contributed by atoms with Crippen molar-refractivity contribution in [3.05, 3.63) is 20.5 Å². The van der Waals surface area contributed by atoms with E-state index in [0.29, 0.717) is 0 Å². The Kier molecular flexibility index (Phi) is 3.75. The van der Waals surface area contributed by atoms with Gasteiger partial charge in [0, 0.05) is 0 Å². The van der Waals surface area contributed by atoms with E-state index >= 15 is 0 Å². The summed E-state index contributed by atoms with van der Waals surface area (Å²) in [6.45, 7) is 2.26. The van der Waals surface area contributed by atoms with Crippen molar-refractivity contribution >= 4 is 27.9 Å². The van der Waals surface area contributed by atoms with Crippen molar-refractivity contribution in [3.8, 4) is 0 Å². The molecule has 0 aromatic heterocycles. The molecule has 10 heavy (non-hydrogen) atoms. The predicted molar refractivity (Wildman–Crippen MR) is 46.1 cm³/mol. The second kappa shape index (κ2) is 4.38. The molecule has 0 heterocycles. The summed E-state index contributed by atoms with van der Waals surface area (Å²) in [5, 5.41) is 0. The van der Waals surface area contributed by atoms with Crippen LogP contribution in [0.1, 0.15) is 32.6 Å². The molecule has 1 heteroatoms. The van der Waals surface area contributed by atoms with Gasteiger partial charge in [0.1, 0.15) is 0 Å². The second-order valence-electron chi connectivity index (χ2n) is 3.00. The molecular weight excluding hydrogens is 131 g/mol. The number of hydrogen-bond donors (Lipinski definition) is 0. The first-order valence-electron chi connectivity index (χ1n) is 4.19. The fourth-order valence-electron chi connectivity index (χ4n) is 1.35. The molecule has 1 aliphatic rings. The van der Waals surface area contributed by atoms with E-state index in [4.69, 9.17) is 0 Å². The third-order valence-corrected chi connectivity index (χ3v) is 3.16. The maximum absolute atomic E-state index is 2.30. The molecule has 0 N–H and O–H groups in total. The summed E-state index contributed by atoms with van der Waals surface area (Å²) in [4.78, 5) is 0. The van der Waals surface area contributed by atoms with Crippen molar-refractivity contribution in [3.63, 3.8) is 0 Å². The van der Waals surface area contributed by atoms with Crippen molar-refractivity contribution in [2.24, 2.45) is 0 Å². The van der Waals surface area contributed by atoms with E-state index in [9.17, 15) is 0 Å². The van der Waals surface area contributed by atoms with Crippen LogP contribution >= 0.6 is 0 Å². The average molecular weight is 144 g/mol. The molecule has 0 aliphatic heterocycles. The molecule has 0 radical (unpaired) electrons. The number of hydrogen-bond acceptors (Lipinski definition) is 0. The van der Waals surface area contributed by atoms with Crippen LogP contribution in [0, 0.1) is 0 Å². The van der Waals surface area contributed by atoms with Gasteiger partial charge in [0.2, 0.25) is 0 Å². The van der Waals surface area contributed by atoms with Gasteiger partial charge in [-0.25, -0.2) is 0 Å². The zero-order valence-corrected chi connectivity index (χ0v) is 8.98. The van der Waals surface area contributed by atoms with Crippen LogP contribution in [0.3, 0.4) is 0 Å². The molecule has 0 unspecified atom stereocenters. The molecular formula is C9H13Na. The molecule has 0 fully saturated rings. The summed E-state index contributed by atoms with van der Waals surface area (Å²) in [6.07, 6.45) is 9.91. The molecule has 50 valence electrons. The van der Waals surface area contributed by atoms with Gasteiger partial charge in [0.25, 0.3) is 0 Å². The van der Waals surface area contributed by atoms with Gasteiger partial charge in [-0.2, -0.15) is 0 Å². The van der Waals surface area contributed by atoms with Crippen molar-refractivity contribution in [2.75, 3.05) is 0 Å². The minimum atomic E-state index is 1.25. The first-order valence-corrected chi connectivity index (χ1v) is 5.19. The molecule has 0 atom stereocenters. The molecule has 0 amide bonds. The van der Waals surface area contributed by atoms with Gasteiger partial charge in [-0.05, 0) is 0 Å². The van der Waals surface area contributed by atoms with Gasteiger partial charge in [0.15, 0.2) is 0 Å². The monoisotopic (exact) mass is 144 g/mol. The van der Waals surface area contributed by atoms with Crippen molar-refractivity contribution in [1.29, 1.82) is 0 Å². The summed E-state index contributed by atoms with van der Waals surface area (Å²) in [5.74, 6) is 0. The van der Waals surface area contributed by atoms with Crippen molar-refractivity contribution in [2.45, 2.75) is 32.6 Å². The predicted octanol–water partition coefficient (Wildman–Crippen LogP) is 2.56. The van der Waals surface area contributed by atoms with E-state index in [1.807, 2.05) is 0 Å². The summed E-state index contributed by atoms with van der Waals surface area (Å²) >= 11 is 1.25. The Morgan fingerprint density at radius 3 is 2.90 bits per heavy atom. The van der Waals surface area contributed by atoms with E-state index in [1.165, 1.54) is 53.6 Å². The third kappa shape index (κ3) is 2.26. The Morgan fingerprint density at radius 1 is 1.60 bits per heavy atom. The van der Waals surface area contributed by atoms with Gasteiger partial charge in [-0.1, -0.05) is 0 Å². The molecule has 0 aromatic carbocycles. The van der Waals surface area contributed by atoms with E-state index < -0.39 is 0 Å². The molecule has 0 saturated heterocycles. The van der Waals surface area contributed by atoms with Crippen molar-refractivity contribution in [1.82, 2.24) is 0 Å². The van der Waals surface area contributed by atoms with Gasteiger partial charge >= 0.3 is 81.1 Å². The first-order chi connectivity index (χ1) is 4.84. The van der Waals surface area contributed by atoms with Crippen LogP contribution in [0.25, 0.3) is 0 Å². The van der Waals surface area contributed by atoms with Crippen LogP contribution in [0.15, 0.2) is 20.5 Å². The van der Waals surface area contributed by atoms with Crippen LogP contribution in [-0.4, -0.2) is 27.9 Å². The number of allylic oxidation sites excluding steroid dienone is 4. The zero-order chi connectivity index (χ0) is 7.40. The normalized spacial score (nSPS) is 17.1. The SMILES string of the molecule is CCCCC1=[C]([Na])C=CC1. The third-order valence-electron chi connectivity index (χ3n) is 2.12. The second-order valence-corrected chi connectivity index (χ2v) is 4.07. The van der Waals surface area contributed by atoms with Crippen molar-refractivity contribution < 1.29 is 0 Å². The summed E-state index contributed by atoms with van der Waals surface area (Å²) in [5.41, 5.74) is 1.72. The quantitative estimate of drug-likeness (QED) is 0.534. The van der Waals surface area contributed by atoms with Crippen LogP contribution in [0.4, 0.5) is 0 Å². The van der Waals surface area contributed by atoms with Gasteiger partial charge in [0.05, 0.1) is 0 Å². The van der Waals surface area contributed by atoms with E-state index in [0.717, 1.165) is 0 Å². The zero-order valence-electron chi connectivity index (χ0n) is 6.98. The van der Waals surface area contributed by atoms with E-state index in [2.05, 4.69) is 19.1 Å². The Hall–Kier alpha value is 0.480. The molecule has 1 aliphatic carbocycles. The summed E-state index contributed by atoms with van der Waals surface area (Å²) < 4.78 is 1.65. The Morgan fingerprint density at radius 2 is 2.40 bits per heavy atom. The van der Waals surface area contributed by atoms with Crippen LogP contribution < -0.4 is 0 Å². The van der Waals surface area contributed by atoms with Crippen LogP contribution in [0.5, 0.6) is 0 Å². The summed E-state index contributed by atoms with van der Waals surface area (Å²) in [6, 6.07) is 0. The Labute approximate surface area is 80.8 Å². The molecule has 1 rings (SSSR count). The topological polar surface area (TPSA) is 0 Å². The Bertz CT molecular complexity index is 166. The van der Waals surface area contributed by atoms with Gasteiger partial charge < -0.3 is 0 Å². The van der Waals surface area contributed by atoms with Crippen LogP contribution in [-0.2, 0) is 0 Å². The molecule has 0 aromatic rings. The van der Waals surface area contributed by atoms with Gasteiger partial charge in [-0.3, -0.25) is 0 Å². The first kappa shape index (κ1) is 8.58. The summed E-state index contributed by atoms with van der Waals surface area (Å²) in [7, 11) is 0. The van der Waals surface area contributed by atoms with E-state index in [-0.39, 0.29) is 0 Å². The van der Waals surface area contributed by atoms with Gasteiger partial charge in [-0.15, -0.1) is 0 Å².